The van der Waals surface area contributed by atoms with Crippen molar-refractivity contribution in [1.29, 1.82) is 0 Å². The van der Waals surface area contributed by atoms with Crippen molar-refractivity contribution in [2.24, 2.45) is 10.9 Å². The first-order valence-electron chi connectivity index (χ1n) is 8.16. The van der Waals surface area contributed by atoms with Gasteiger partial charge < -0.3 is 15.4 Å². The molecule has 1 aromatic rings. The molecule has 0 unspecified atom stereocenters. The minimum atomic E-state index is 0. The summed E-state index contributed by atoms with van der Waals surface area (Å²) in [5.41, 5.74) is 1.09. The number of hydrogen-bond donors (Lipinski definition) is 2. The summed E-state index contributed by atoms with van der Waals surface area (Å²) in [5, 5.41) is 6.66. The molecule has 1 rings (SSSR count). The third kappa shape index (κ3) is 10.4. The smallest absolute Gasteiger partial charge is 0.213 e. The normalized spacial score (nSPS) is 11.1. The van der Waals surface area contributed by atoms with E-state index in [-0.39, 0.29) is 24.0 Å². The maximum absolute atomic E-state index is 5.13. The Morgan fingerprint density at radius 2 is 2.09 bits per heavy atom. The first-order valence-corrected chi connectivity index (χ1v) is 8.16. The lowest BCUT2D eigenvalue weighted by molar-refractivity contribution is 0.397. The van der Waals surface area contributed by atoms with Gasteiger partial charge in [0.25, 0.3) is 0 Å². The summed E-state index contributed by atoms with van der Waals surface area (Å²) in [6, 6.07) is 3.87. The van der Waals surface area contributed by atoms with Crippen molar-refractivity contribution in [1.82, 2.24) is 15.6 Å². The number of aromatic nitrogens is 1. The van der Waals surface area contributed by atoms with Gasteiger partial charge in [-0.15, -0.1) is 24.0 Å². The minimum Gasteiger partial charge on any atom is -0.481 e. The maximum atomic E-state index is 5.13. The number of aliphatic imine (C=N–C) groups is 1. The van der Waals surface area contributed by atoms with E-state index in [2.05, 4.69) is 41.4 Å². The molecule has 0 radical (unpaired) electrons. The Kier molecular flexibility index (Phi) is 12.8. The van der Waals surface area contributed by atoms with Gasteiger partial charge in [0.15, 0.2) is 5.96 Å². The molecule has 5 nitrogen and oxygen atoms in total. The fourth-order valence-corrected chi connectivity index (χ4v) is 2.06. The Hall–Kier alpha value is -1.05. The van der Waals surface area contributed by atoms with Crippen LogP contribution in [0.15, 0.2) is 23.3 Å². The van der Waals surface area contributed by atoms with Crippen LogP contribution in [0.5, 0.6) is 5.88 Å². The number of ether oxygens (including phenoxy) is 1. The summed E-state index contributed by atoms with van der Waals surface area (Å²) < 4.78 is 5.13. The Balaban J connectivity index is 0.00000484. The van der Waals surface area contributed by atoms with Gasteiger partial charge in [-0.3, -0.25) is 0 Å². The van der Waals surface area contributed by atoms with Crippen LogP contribution in [-0.2, 0) is 6.54 Å². The number of guanidine groups is 1. The number of halogens is 1. The number of methoxy groups -OCH3 is 1. The standard InChI is InChI=1S/C17H30N4O.HI/c1-5-18-17(20-10-7-6-8-14(2)3)21-13-15-9-11-19-16(12-15)22-4;/h9,11-12,14H,5-8,10,13H2,1-4H3,(H2,18,20,21);1H. The Bertz CT molecular complexity index is 452. The molecule has 23 heavy (non-hydrogen) atoms. The van der Waals surface area contributed by atoms with E-state index in [4.69, 9.17) is 4.74 Å². The van der Waals surface area contributed by atoms with Gasteiger partial charge in [-0.25, -0.2) is 9.98 Å². The van der Waals surface area contributed by atoms with Crippen LogP contribution in [0.25, 0.3) is 0 Å². The molecule has 132 valence electrons. The first kappa shape index (κ1) is 21.9. The SMILES string of the molecule is CCNC(=NCc1ccnc(OC)c1)NCCCCC(C)C.I. The molecule has 0 aromatic carbocycles. The fraction of sp³-hybridized carbons (Fsp3) is 0.647. The first-order chi connectivity index (χ1) is 10.7. The van der Waals surface area contributed by atoms with Gasteiger partial charge in [0.05, 0.1) is 13.7 Å². The molecule has 0 spiro atoms. The van der Waals surface area contributed by atoms with Crippen LogP contribution in [0, 0.1) is 5.92 Å². The molecular formula is C17H31IN4O. The van der Waals surface area contributed by atoms with Gasteiger partial charge in [-0.1, -0.05) is 26.7 Å². The van der Waals surface area contributed by atoms with E-state index in [0.29, 0.717) is 12.4 Å². The number of hydrogen-bond acceptors (Lipinski definition) is 3. The molecule has 0 aliphatic carbocycles. The van der Waals surface area contributed by atoms with Crippen LogP contribution in [-0.4, -0.2) is 31.1 Å². The van der Waals surface area contributed by atoms with Crippen LogP contribution in [0.2, 0.25) is 0 Å². The number of pyridine rings is 1. The summed E-state index contributed by atoms with van der Waals surface area (Å²) in [6.45, 7) is 9.03. The maximum Gasteiger partial charge on any atom is 0.213 e. The number of nitrogens with one attached hydrogen (secondary N) is 2. The number of nitrogens with zero attached hydrogens (tertiary/aromatic N) is 2. The van der Waals surface area contributed by atoms with Crippen molar-refractivity contribution < 1.29 is 4.74 Å². The minimum absolute atomic E-state index is 0. The fourth-order valence-electron chi connectivity index (χ4n) is 2.06. The van der Waals surface area contributed by atoms with Crippen LogP contribution < -0.4 is 15.4 Å². The highest BCUT2D eigenvalue weighted by Crippen LogP contribution is 2.09. The van der Waals surface area contributed by atoms with Crippen molar-refractivity contribution in [3.63, 3.8) is 0 Å². The van der Waals surface area contributed by atoms with Gasteiger partial charge >= 0.3 is 0 Å². The van der Waals surface area contributed by atoms with Gasteiger partial charge in [0, 0.05) is 25.4 Å². The lowest BCUT2D eigenvalue weighted by atomic mass is 10.1. The van der Waals surface area contributed by atoms with Crippen LogP contribution >= 0.6 is 24.0 Å². The quantitative estimate of drug-likeness (QED) is 0.270. The average molecular weight is 434 g/mol. The Labute approximate surface area is 157 Å². The predicted octanol–water partition coefficient (Wildman–Crippen LogP) is 3.59. The van der Waals surface area contributed by atoms with Crippen molar-refractivity contribution >= 4 is 29.9 Å². The van der Waals surface area contributed by atoms with Crippen LogP contribution in [0.4, 0.5) is 0 Å². The van der Waals surface area contributed by atoms with Crippen LogP contribution in [0.1, 0.15) is 45.6 Å². The monoisotopic (exact) mass is 434 g/mol. The molecule has 0 bridgehead atoms. The summed E-state index contributed by atoms with van der Waals surface area (Å²) >= 11 is 0. The van der Waals surface area contributed by atoms with Crippen molar-refractivity contribution in [3.05, 3.63) is 23.9 Å². The van der Waals surface area contributed by atoms with Gasteiger partial charge in [-0.05, 0) is 30.9 Å². The highest BCUT2D eigenvalue weighted by atomic mass is 127. The Morgan fingerprint density at radius 3 is 2.74 bits per heavy atom. The molecular weight excluding hydrogens is 403 g/mol. The lowest BCUT2D eigenvalue weighted by Crippen LogP contribution is -2.37. The van der Waals surface area contributed by atoms with E-state index in [1.54, 1.807) is 13.3 Å². The molecule has 0 aliphatic heterocycles. The Morgan fingerprint density at radius 1 is 1.30 bits per heavy atom. The predicted molar refractivity (Wildman–Crippen MR) is 108 cm³/mol. The van der Waals surface area contributed by atoms with Crippen molar-refractivity contribution in [2.75, 3.05) is 20.2 Å². The largest absolute Gasteiger partial charge is 0.481 e. The van der Waals surface area contributed by atoms with Crippen LogP contribution in [0.3, 0.4) is 0 Å². The second kappa shape index (κ2) is 13.4. The van der Waals surface area contributed by atoms with E-state index in [1.807, 2.05) is 12.1 Å². The zero-order valence-electron chi connectivity index (χ0n) is 14.8. The summed E-state index contributed by atoms with van der Waals surface area (Å²) in [7, 11) is 1.62. The zero-order chi connectivity index (χ0) is 16.2. The van der Waals surface area contributed by atoms with E-state index < -0.39 is 0 Å². The van der Waals surface area contributed by atoms with Crippen molar-refractivity contribution in [2.45, 2.75) is 46.6 Å². The summed E-state index contributed by atoms with van der Waals surface area (Å²) in [6.07, 6.45) is 5.46. The van der Waals surface area contributed by atoms with E-state index >= 15 is 0 Å². The topological polar surface area (TPSA) is 58.5 Å². The lowest BCUT2D eigenvalue weighted by Gasteiger charge is -2.11. The number of rotatable bonds is 9. The summed E-state index contributed by atoms with van der Waals surface area (Å²) in [5.74, 6) is 2.27. The van der Waals surface area contributed by atoms with E-state index in [9.17, 15) is 0 Å². The third-order valence-corrected chi connectivity index (χ3v) is 3.27. The number of unbranched alkanes of at least 4 members (excludes halogenated alkanes) is 1. The molecule has 0 fully saturated rings. The highest BCUT2D eigenvalue weighted by Gasteiger charge is 2.00. The highest BCUT2D eigenvalue weighted by molar-refractivity contribution is 14.0. The molecule has 0 atom stereocenters. The van der Waals surface area contributed by atoms with Crippen molar-refractivity contribution in [3.8, 4) is 5.88 Å². The molecule has 0 saturated heterocycles. The van der Waals surface area contributed by atoms with E-state index in [0.717, 1.165) is 30.5 Å². The molecule has 0 aliphatic rings. The molecule has 2 N–H and O–H groups in total. The van der Waals surface area contributed by atoms with Gasteiger partial charge in [0.1, 0.15) is 0 Å². The van der Waals surface area contributed by atoms with Gasteiger partial charge in [-0.2, -0.15) is 0 Å². The van der Waals surface area contributed by atoms with Gasteiger partial charge in [0.2, 0.25) is 5.88 Å². The zero-order valence-corrected chi connectivity index (χ0v) is 17.1. The second-order valence-electron chi connectivity index (χ2n) is 5.72. The second-order valence-corrected chi connectivity index (χ2v) is 5.72. The molecule has 1 heterocycles. The third-order valence-electron chi connectivity index (χ3n) is 3.27. The van der Waals surface area contributed by atoms with E-state index in [1.165, 1.54) is 19.3 Å². The average Bonchev–Trinajstić information content (AvgIpc) is 2.52. The molecule has 1 aromatic heterocycles. The molecule has 6 heteroatoms. The molecule has 0 amide bonds. The molecule has 0 saturated carbocycles. The summed E-state index contributed by atoms with van der Waals surface area (Å²) in [4.78, 5) is 8.71.